The van der Waals surface area contributed by atoms with Crippen LogP contribution in [0.25, 0.3) is 10.9 Å². The minimum absolute atomic E-state index is 0.00887. The molecule has 0 bridgehead atoms. The van der Waals surface area contributed by atoms with Gasteiger partial charge in [-0.05, 0) is 64.5 Å². The number of guanidine groups is 1. The van der Waals surface area contributed by atoms with Crippen molar-refractivity contribution in [3.05, 3.63) is 36.0 Å². The first-order valence-corrected chi connectivity index (χ1v) is 16.7. The van der Waals surface area contributed by atoms with E-state index in [0.29, 0.717) is 30.3 Å². The second-order valence-corrected chi connectivity index (χ2v) is 13.2. The maximum atomic E-state index is 14.0. The summed E-state index contributed by atoms with van der Waals surface area (Å²) in [6.07, 6.45) is 7.50. The molecule has 3 rings (SSSR count). The Morgan fingerprint density at radius 2 is 1.67 bits per heavy atom. The van der Waals surface area contributed by atoms with Crippen molar-refractivity contribution in [2.24, 2.45) is 22.4 Å². The summed E-state index contributed by atoms with van der Waals surface area (Å²) in [4.78, 5) is 69.5. The molecular weight excluding hydrogens is 618 g/mol. The van der Waals surface area contributed by atoms with Crippen LogP contribution in [0.5, 0.6) is 0 Å². The number of aromatic nitrogens is 1. The van der Waals surface area contributed by atoms with E-state index < -0.39 is 47.6 Å². The lowest BCUT2D eigenvalue weighted by Crippen LogP contribution is -2.57. The lowest BCUT2D eigenvalue weighted by molar-refractivity contribution is -0.147. The number of ether oxygens (including phenoxy) is 2. The summed E-state index contributed by atoms with van der Waals surface area (Å²) in [6.45, 7) is 7.19. The Morgan fingerprint density at radius 1 is 1.00 bits per heavy atom. The van der Waals surface area contributed by atoms with Gasteiger partial charge in [-0.25, -0.2) is 9.59 Å². The summed E-state index contributed by atoms with van der Waals surface area (Å²) in [5, 5.41) is 9.05. The number of fused-ring (bicyclic) bond motifs is 1. The number of nitrogens with one attached hydrogen (secondary N) is 3. The van der Waals surface area contributed by atoms with E-state index in [1.165, 1.54) is 4.57 Å². The fourth-order valence-corrected chi connectivity index (χ4v) is 5.93. The molecule has 1 aromatic heterocycles. The third kappa shape index (κ3) is 11.9. The molecular formula is C34H51N7O7. The van der Waals surface area contributed by atoms with E-state index in [1.54, 1.807) is 46.0 Å². The predicted molar refractivity (Wildman–Crippen MR) is 183 cm³/mol. The molecule has 3 atom stereocenters. The molecule has 3 amide bonds. The summed E-state index contributed by atoms with van der Waals surface area (Å²) in [5.74, 6) is -1.72. The van der Waals surface area contributed by atoms with Crippen LogP contribution in [0.4, 0.5) is 4.79 Å². The number of carbonyl (C=O) groups excluding carboxylic acids is 5. The highest BCUT2D eigenvalue weighted by molar-refractivity contribution is 5.94. The fraction of sp³-hybridized carbons (Fsp3) is 0.588. The topological polar surface area (TPSA) is 209 Å². The highest BCUT2D eigenvalue weighted by Gasteiger charge is 2.33. The zero-order chi connectivity index (χ0) is 35.3. The third-order valence-electron chi connectivity index (χ3n) is 8.13. The highest BCUT2D eigenvalue weighted by Crippen LogP contribution is 2.28. The standard InChI is InChI=1S/C34H51N7O7/c1-5-47-31(45)25(15-11-17-37-32(35)36)38-30(44)27(19-23-20-41(21-42)28-16-10-9-14-24(23)28)39-29(43)26(18-22-12-7-6-8-13-22)40-33(46)48-34(2,3)4/h9-10,14,16,20-22,25-27H,5-8,11-13,15,17-19H2,1-4H3,(H,38,44)(H,39,43)(H,40,46)(H4,35,36,37)/t25-,26-,27?/m1/s1. The molecule has 1 unspecified atom stereocenters. The number of para-hydroxylation sites is 1. The molecule has 1 heterocycles. The molecule has 1 aliphatic rings. The van der Waals surface area contributed by atoms with Gasteiger partial charge in [0.15, 0.2) is 5.96 Å². The number of alkyl carbamates (subject to hydrolysis) is 1. The van der Waals surface area contributed by atoms with Gasteiger partial charge >= 0.3 is 12.1 Å². The number of amides is 3. The van der Waals surface area contributed by atoms with Crippen molar-refractivity contribution in [1.29, 1.82) is 0 Å². The van der Waals surface area contributed by atoms with E-state index >= 15 is 0 Å². The van der Waals surface area contributed by atoms with Gasteiger partial charge in [0.2, 0.25) is 18.2 Å². The Balaban J connectivity index is 1.93. The monoisotopic (exact) mass is 669 g/mol. The number of hydrogen-bond acceptors (Lipinski definition) is 8. The molecule has 14 nitrogen and oxygen atoms in total. The van der Waals surface area contributed by atoms with Gasteiger partial charge in [-0.3, -0.25) is 23.9 Å². The molecule has 0 radical (unpaired) electrons. The van der Waals surface area contributed by atoms with Gasteiger partial charge in [-0.2, -0.15) is 0 Å². The quantitative estimate of drug-likeness (QED) is 0.0584. The van der Waals surface area contributed by atoms with E-state index in [-0.39, 0.29) is 37.9 Å². The normalized spacial score (nSPS) is 15.4. The summed E-state index contributed by atoms with van der Waals surface area (Å²) in [5.41, 5.74) is 11.3. The van der Waals surface area contributed by atoms with Gasteiger partial charge in [0, 0.05) is 24.5 Å². The van der Waals surface area contributed by atoms with Crippen molar-refractivity contribution < 1.29 is 33.4 Å². The zero-order valence-electron chi connectivity index (χ0n) is 28.5. The highest BCUT2D eigenvalue weighted by atomic mass is 16.6. The maximum Gasteiger partial charge on any atom is 0.408 e. The maximum absolute atomic E-state index is 14.0. The average Bonchev–Trinajstić information content (AvgIpc) is 3.38. The van der Waals surface area contributed by atoms with E-state index in [0.717, 1.165) is 37.5 Å². The van der Waals surface area contributed by atoms with Crippen LogP contribution in [0.2, 0.25) is 0 Å². The van der Waals surface area contributed by atoms with Crippen LogP contribution in [-0.2, 0) is 35.1 Å². The minimum Gasteiger partial charge on any atom is -0.464 e. The van der Waals surface area contributed by atoms with E-state index in [1.807, 2.05) is 12.1 Å². The number of aliphatic imine (C=N–C) groups is 1. The zero-order valence-corrected chi connectivity index (χ0v) is 28.5. The number of hydrogen-bond donors (Lipinski definition) is 5. The van der Waals surface area contributed by atoms with Crippen molar-refractivity contribution in [1.82, 2.24) is 20.5 Å². The van der Waals surface area contributed by atoms with Crippen molar-refractivity contribution in [2.45, 2.75) is 109 Å². The lowest BCUT2D eigenvalue weighted by atomic mass is 9.84. The number of nitrogens with two attached hydrogens (primary N) is 2. The molecule has 1 saturated carbocycles. The number of nitrogens with zero attached hydrogens (tertiary/aromatic N) is 2. The lowest BCUT2D eigenvalue weighted by Gasteiger charge is -2.29. The third-order valence-corrected chi connectivity index (χ3v) is 8.13. The van der Waals surface area contributed by atoms with Crippen LogP contribution in [0, 0.1) is 5.92 Å². The van der Waals surface area contributed by atoms with Gasteiger partial charge in [-0.1, -0.05) is 50.3 Å². The molecule has 0 aliphatic heterocycles. The molecule has 1 aromatic carbocycles. The second-order valence-electron chi connectivity index (χ2n) is 13.2. The predicted octanol–water partition coefficient (Wildman–Crippen LogP) is 2.67. The molecule has 48 heavy (non-hydrogen) atoms. The number of esters is 1. The Bertz CT molecular complexity index is 1440. The summed E-state index contributed by atoms with van der Waals surface area (Å²) >= 11 is 0. The van der Waals surface area contributed by atoms with Gasteiger partial charge in [0.1, 0.15) is 23.7 Å². The molecule has 264 valence electrons. The average molecular weight is 670 g/mol. The van der Waals surface area contributed by atoms with E-state index in [4.69, 9.17) is 20.9 Å². The first-order valence-electron chi connectivity index (χ1n) is 16.7. The van der Waals surface area contributed by atoms with Crippen LogP contribution >= 0.6 is 0 Å². The van der Waals surface area contributed by atoms with Crippen molar-refractivity contribution in [3.8, 4) is 0 Å². The van der Waals surface area contributed by atoms with Crippen LogP contribution in [-0.4, -0.2) is 77.7 Å². The smallest absolute Gasteiger partial charge is 0.408 e. The van der Waals surface area contributed by atoms with Crippen molar-refractivity contribution >= 4 is 47.1 Å². The Morgan fingerprint density at radius 3 is 2.31 bits per heavy atom. The molecule has 7 N–H and O–H groups in total. The molecule has 1 aliphatic carbocycles. The molecule has 0 saturated heterocycles. The summed E-state index contributed by atoms with van der Waals surface area (Å²) < 4.78 is 12.1. The number of rotatable bonds is 16. The molecule has 1 fully saturated rings. The van der Waals surface area contributed by atoms with Gasteiger partial charge < -0.3 is 36.9 Å². The van der Waals surface area contributed by atoms with E-state index in [2.05, 4.69) is 20.9 Å². The van der Waals surface area contributed by atoms with Crippen molar-refractivity contribution in [2.75, 3.05) is 13.2 Å². The largest absolute Gasteiger partial charge is 0.464 e. The van der Waals surface area contributed by atoms with Crippen LogP contribution in [0.15, 0.2) is 35.5 Å². The van der Waals surface area contributed by atoms with Gasteiger partial charge in [0.25, 0.3) is 0 Å². The summed E-state index contributed by atoms with van der Waals surface area (Å²) in [6, 6.07) is 4.00. The van der Waals surface area contributed by atoms with Crippen molar-refractivity contribution in [3.63, 3.8) is 0 Å². The Kier molecular flexibility index (Phi) is 14.2. The van der Waals surface area contributed by atoms with Gasteiger partial charge in [0.05, 0.1) is 12.1 Å². The molecule has 2 aromatic rings. The Hall–Kier alpha value is -4.62. The number of carbonyl (C=O) groups is 5. The van der Waals surface area contributed by atoms with Crippen LogP contribution in [0.1, 0.15) is 84.6 Å². The van der Waals surface area contributed by atoms with E-state index in [9.17, 15) is 24.0 Å². The molecule has 14 heteroatoms. The first-order chi connectivity index (χ1) is 22.8. The van der Waals surface area contributed by atoms with Crippen LogP contribution in [0.3, 0.4) is 0 Å². The first kappa shape index (κ1) is 37.8. The Labute approximate surface area is 281 Å². The molecule has 0 spiro atoms. The number of benzene rings is 1. The van der Waals surface area contributed by atoms with Gasteiger partial charge in [-0.15, -0.1) is 0 Å². The van der Waals surface area contributed by atoms with Crippen LogP contribution < -0.4 is 27.4 Å². The fourth-order valence-electron chi connectivity index (χ4n) is 5.93. The second kappa shape index (κ2) is 18.1. The summed E-state index contributed by atoms with van der Waals surface area (Å²) in [7, 11) is 0. The minimum atomic E-state index is -1.19. The SMILES string of the molecule is CCOC(=O)[C@@H](CCCN=C(N)N)NC(=O)C(Cc1cn(C=O)c2ccccc12)NC(=O)[C@@H](CC1CCCCC1)NC(=O)OC(C)(C)C.